The summed E-state index contributed by atoms with van der Waals surface area (Å²) in [6.45, 7) is 5.12. The molecule has 2 aliphatic heterocycles. The van der Waals surface area contributed by atoms with E-state index < -0.39 is 0 Å². The molecule has 0 spiro atoms. The van der Waals surface area contributed by atoms with Crippen LogP contribution in [0.4, 0.5) is 0 Å². The minimum Gasteiger partial charge on any atom is -0.308 e. The lowest BCUT2D eigenvalue weighted by Gasteiger charge is -2.33. The van der Waals surface area contributed by atoms with Crippen LogP contribution in [-0.2, 0) is 5.41 Å². The van der Waals surface area contributed by atoms with Crippen molar-refractivity contribution in [1.29, 1.82) is 0 Å². The predicted octanol–water partition coefficient (Wildman–Crippen LogP) is 10.9. The van der Waals surface area contributed by atoms with Crippen molar-refractivity contribution >= 4 is 99.9 Å². The van der Waals surface area contributed by atoms with Gasteiger partial charge in [0.25, 0.3) is 0 Å². The van der Waals surface area contributed by atoms with Gasteiger partial charge in [-0.1, -0.05) is 145 Å². The molecule has 50 heavy (non-hydrogen) atoms. The fourth-order valence-electron chi connectivity index (χ4n) is 9.46. The smallest absolute Gasteiger partial charge is 0.247 e. The van der Waals surface area contributed by atoms with Gasteiger partial charge in [-0.05, 0) is 58.6 Å². The number of rotatable bonds is 1. The summed E-state index contributed by atoms with van der Waals surface area (Å²) >= 11 is 5.85. The highest BCUT2D eigenvalue weighted by atomic mass is 32.2. The highest BCUT2D eigenvalue weighted by Gasteiger charge is 2.42. The zero-order chi connectivity index (χ0) is 32.9. The molecule has 3 aliphatic rings. The van der Waals surface area contributed by atoms with Gasteiger partial charge in [0.1, 0.15) is 0 Å². The van der Waals surface area contributed by atoms with Gasteiger partial charge in [-0.2, -0.15) is 0 Å². The molecule has 12 rings (SSSR count). The molecule has 1 nitrogen and oxygen atoms in total. The fourth-order valence-corrected chi connectivity index (χ4v) is 13.2. The summed E-state index contributed by atoms with van der Waals surface area (Å²) in [6, 6.07) is 50.4. The number of hydrogen-bond acceptors (Lipinski definition) is 3. The van der Waals surface area contributed by atoms with E-state index >= 15 is 0 Å². The lowest BCUT2D eigenvalue weighted by molar-refractivity contribution is 0.667. The molecule has 2 aromatic heterocycles. The number of benzene rings is 7. The minimum atomic E-state index is -0.141. The molecule has 0 bridgehead atoms. The molecular weight excluding hydrogens is 662 g/mol. The molecule has 9 aromatic rings. The number of hydrogen-bond donors (Lipinski definition) is 0. The standard InChI is InChI=1S/C45H28BNS3/c1-45(2)29-16-6-3-13-26(29)39-41(45)38-27-14-4-9-19-32(27)47(43(38)40-28-15-5-10-20-33(28)50-44(39)40)25-23-36-42-37(24-25)49-35-22-12-8-18-31(35)46(42)30-17-7-11-21-34(30)48-36/h3-24H,1-2H3. The first-order chi connectivity index (χ1) is 24.6. The molecule has 4 heterocycles. The maximum atomic E-state index is 2.62. The van der Waals surface area contributed by atoms with Crippen molar-refractivity contribution in [3.05, 3.63) is 145 Å². The molecule has 0 unspecified atom stereocenters. The van der Waals surface area contributed by atoms with E-state index in [4.69, 9.17) is 0 Å². The van der Waals surface area contributed by atoms with Crippen LogP contribution in [0.1, 0.15) is 25.0 Å². The van der Waals surface area contributed by atoms with E-state index in [9.17, 15) is 0 Å². The average Bonchev–Trinajstić information content (AvgIpc) is 3.77. The van der Waals surface area contributed by atoms with Gasteiger partial charge >= 0.3 is 0 Å². The van der Waals surface area contributed by atoms with Crippen LogP contribution in [0, 0.1) is 0 Å². The van der Waals surface area contributed by atoms with Crippen LogP contribution in [0.5, 0.6) is 0 Å². The van der Waals surface area contributed by atoms with Crippen LogP contribution in [0.25, 0.3) is 58.8 Å². The molecule has 5 heteroatoms. The summed E-state index contributed by atoms with van der Waals surface area (Å²) in [5, 5.41) is 5.45. The summed E-state index contributed by atoms with van der Waals surface area (Å²) in [4.78, 5) is 5.46. The van der Waals surface area contributed by atoms with Crippen molar-refractivity contribution in [2.24, 2.45) is 0 Å². The average molecular weight is 690 g/mol. The molecule has 234 valence electrons. The zero-order valence-corrected chi connectivity index (χ0v) is 29.9. The third-order valence-electron chi connectivity index (χ3n) is 11.5. The second-order valence-corrected chi connectivity index (χ2v) is 17.6. The molecule has 0 N–H and O–H groups in total. The van der Waals surface area contributed by atoms with Gasteiger partial charge in [-0.25, -0.2) is 0 Å². The molecule has 0 saturated carbocycles. The topological polar surface area (TPSA) is 4.93 Å². The van der Waals surface area contributed by atoms with Crippen LogP contribution >= 0.6 is 34.9 Å². The van der Waals surface area contributed by atoms with Crippen LogP contribution in [0.2, 0.25) is 0 Å². The monoisotopic (exact) mass is 689 g/mol. The van der Waals surface area contributed by atoms with Gasteiger partial charge in [0.05, 0.1) is 11.0 Å². The van der Waals surface area contributed by atoms with E-state index in [1.165, 1.54) is 106 Å². The van der Waals surface area contributed by atoms with Crippen molar-refractivity contribution in [1.82, 2.24) is 4.57 Å². The molecule has 0 atom stereocenters. The van der Waals surface area contributed by atoms with Gasteiger partial charge in [0.2, 0.25) is 6.71 Å². The largest absolute Gasteiger partial charge is 0.308 e. The number of nitrogens with zero attached hydrogens (tertiary/aromatic N) is 1. The number of fused-ring (bicyclic) bond motifs is 16. The first-order valence-corrected chi connectivity index (χ1v) is 19.8. The minimum absolute atomic E-state index is 0.141. The van der Waals surface area contributed by atoms with Gasteiger partial charge in [-0.15, -0.1) is 11.3 Å². The first kappa shape index (κ1) is 28.1. The summed E-state index contributed by atoms with van der Waals surface area (Å²) < 4.78 is 5.38. The number of aromatic nitrogens is 1. The van der Waals surface area contributed by atoms with Crippen LogP contribution in [0.15, 0.2) is 153 Å². The van der Waals surface area contributed by atoms with Gasteiger partial charge in [-0.3, -0.25) is 0 Å². The van der Waals surface area contributed by atoms with Crippen LogP contribution < -0.4 is 16.4 Å². The molecule has 0 saturated heterocycles. The Labute approximate surface area is 303 Å². The van der Waals surface area contributed by atoms with E-state index in [-0.39, 0.29) is 12.1 Å². The second-order valence-electron chi connectivity index (χ2n) is 14.4. The Morgan fingerprint density at radius 1 is 0.600 bits per heavy atom. The Balaban J connectivity index is 1.26. The third kappa shape index (κ3) is 3.43. The Kier molecular flexibility index (Phi) is 5.48. The number of para-hydroxylation sites is 1. The fraction of sp³-hybridized carbons (Fsp3) is 0.0667. The Hall–Kier alpha value is -4.68. The first-order valence-electron chi connectivity index (χ1n) is 17.3. The summed E-state index contributed by atoms with van der Waals surface area (Å²) in [7, 11) is 0. The maximum absolute atomic E-state index is 2.62. The van der Waals surface area contributed by atoms with Crippen molar-refractivity contribution in [3.63, 3.8) is 0 Å². The van der Waals surface area contributed by atoms with E-state index in [0.717, 1.165) is 0 Å². The predicted molar refractivity (Wildman–Crippen MR) is 217 cm³/mol. The van der Waals surface area contributed by atoms with Crippen molar-refractivity contribution in [3.8, 4) is 16.8 Å². The third-order valence-corrected chi connectivity index (χ3v) is 15.0. The second kappa shape index (κ2) is 9.76. The van der Waals surface area contributed by atoms with Gasteiger partial charge < -0.3 is 4.57 Å². The molecular formula is C45H28BNS3. The van der Waals surface area contributed by atoms with E-state index in [1.807, 2.05) is 34.9 Å². The SMILES string of the molecule is CC1(C)c2ccccc2-c2c1c1c3ccccc3n(-c3cc4c5c(c3)Sc3ccccc3B5c3ccccc3S4)c1c1c2sc2ccccc21. The maximum Gasteiger partial charge on any atom is 0.247 e. The van der Waals surface area contributed by atoms with E-state index in [1.54, 1.807) is 0 Å². The summed E-state index contributed by atoms with van der Waals surface area (Å²) in [6.07, 6.45) is 0. The lowest BCUT2D eigenvalue weighted by atomic mass is 9.36. The van der Waals surface area contributed by atoms with E-state index in [2.05, 4.69) is 152 Å². The van der Waals surface area contributed by atoms with Crippen LogP contribution in [-0.4, -0.2) is 11.3 Å². The summed E-state index contributed by atoms with van der Waals surface area (Å²) in [5.74, 6) is 0. The lowest BCUT2D eigenvalue weighted by Crippen LogP contribution is -2.58. The highest BCUT2D eigenvalue weighted by molar-refractivity contribution is 8.01. The molecule has 0 radical (unpaired) electrons. The van der Waals surface area contributed by atoms with Crippen molar-refractivity contribution in [2.45, 2.75) is 38.8 Å². The van der Waals surface area contributed by atoms with Crippen LogP contribution in [0.3, 0.4) is 0 Å². The molecule has 0 fully saturated rings. The summed E-state index contributed by atoms with van der Waals surface area (Å²) in [5.41, 5.74) is 13.7. The van der Waals surface area contributed by atoms with Crippen molar-refractivity contribution in [2.75, 3.05) is 0 Å². The Morgan fingerprint density at radius 2 is 1.22 bits per heavy atom. The quantitative estimate of drug-likeness (QED) is 0.158. The normalized spacial score (nSPS) is 15.0. The number of thiophene rings is 1. The molecule has 7 aromatic carbocycles. The zero-order valence-electron chi connectivity index (χ0n) is 27.5. The van der Waals surface area contributed by atoms with Gasteiger partial charge in [0.15, 0.2) is 0 Å². The Bertz CT molecular complexity index is 2910. The molecule has 0 amide bonds. The molecule has 1 aliphatic carbocycles. The Morgan fingerprint density at radius 3 is 1.98 bits per heavy atom. The van der Waals surface area contributed by atoms with E-state index in [0.29, 0.717) is 0 Å². The highest BCUT2D eigenvalue weighted by Crippen LogP contribution is 2.59. The van der Waals surface area contributed by atoms with Crippen molar-refractivity contribution < 1.29 is 0 Å². The van der Waals surface area contributed by atoms with Gasteiger partial charge in [0, 0.05) is 67.2 Å².